The number of likely N-dealkylation sites (N-methyl/N-ethyl adjacent to an activating group) is 1. The van der Waals surface area contributed by atoms with Gasteiger partial charge in [0.25, 0.3) is 0 Å². The van der Waals surface area contributed by atoms with E-state index in [4.69, 9.17) is 9.47 Å². The molecule has 1 fully saturated rings. The monoisotopic (exact) mass is 451 g/mol. The summed E-state index contributed by atoms with van der Waals surface area (Å²) in [6, 6.07) is 6.38. The van der Waals surface area contributed by atoms with Crippen LogP contribution in [0.25, 0.3) is 0 Å². The summed E-state index contributed by atoms with van der Waals surface area (Å²) < 4.78 is 104. The molecule has 0 radical (unpaired) electrons. The largest absolute Gasteiger partial charge is 0.416 e. The molecule has 3 nitrogen and oxygen atoms in total. The van der Waals surface area contributed by atoms with Gasteiger partial charge in [-0.2, -0.15) is 26.3 Å². The van der Waals surface area contributed by atoms with E-state index >= 15 is 0 Å². The Hall–Kier alpha value is -2.17. The van der Waals surface area contributed by atoms with Crippen LogP contribution in [0.1, 0.15) is 41.3 Å². The Labute approximate surface area is 174 Å². The summed E-state index contributed by atoms with van der Waals surface area (Å²) in [6.07, 6.45) is -12.0. The van der Waals surface area contributed by atoms with E-state index in [1.807, 2.05) is 4.90 Å². The van der Waals surface area contributed by atoms with Crippen molar-refractivity contribution in [1.29, 1.82) is 0 Å². The highest BCUT2D eigenvalue weighted by Crippen LogP contribution is 2.39. The van der Waals surface area contributed by atoms with Gasteiger partial charge in [-0.25, -0.2) is 4.39 Å². The van der Waals surface area contributed by atoms with Crippen molar-refractivity contribution in [3.8, 4) is 0 Å². The van der Waals surface area contributed by atoms with Crippen molar-refractivity contribution in [2.24, 2.45) is 0 Å². The van der Waals surface area contributed by atoms with E-state index in [2.05, 4.69) is 0 Å². The van der Waals surface area contributed by atoms with Gasteiger partial charge in [0, 0.05) is 6.54 Å². The van der Waals surface area contributed by atoms with Gasteiger partial charge in [-0.05, 0) is 55.4 Å². The van der Waals surface area contributed by atoms with Crippen LogP contribution < -0.4 is 0 Å². The summed E-state index contributed by atoms with van der Waals surface area (Å²) in [5.41, 5.74) is -2.47. The van der Waals surface area contributed by atoms with Crippen molar-refractivity contribution in [1.82, 2.24) is 4.90 Å². The second kappa shape index (κ2) is 8.76. The van der Waals surface area contributed by atoms with Crippen molar-refractivity contribution >= 4 is 0 Å². The fourth-order valence-electron chi connectivity index (χ4n) is 3.43. The first-order valence-corrected chi connectivity index (χ1v) is 9.38. The molecule has 1 aliphatic heterocycles. The Bertz CT molecular complexity index is 864. The highest BCUT2D eigenvalue weighted by molar-refractivity contribution is 5.34. The predicted octanol–water partition coefficient (Wildman–Crippen LogP) is 5.97. The molecule has 0 amide bonds. The van der Waals surface area contributed by atoms with Gasteiger partial charge in [0.2, 0.25) is 0 Å². The van der Waals surface area contributed by atoms with E-state index in [1.54, 1.807) is 7.05 Å². The number of hydrogen-bond acceptors (Lipinski definition) is 3. The maximum Gasteiger partial charge on any atom is 0.416 e. The molecule has 0 N–H and O–H groups in total. The SMILES string of the molecule is C[C@@H](O[C@H]1OCCN(C)[C@H]1c1ccc(F)cc1)c1cc(C(F)(F)F)cc(C(F)(F)F)c1. The Kier molecular flexibility index (Phi) is 6.64. The van der Waals surface area contributed by atoms with Crippen molar-refractivity contribution < 1.29 is 40.2 Å². The van der Waals surface area contributed by atoms with Gasteiger partial charge in [-0.15, -0.1) is 0 Å². The van der Waals surface area contributed by atoms with Gasteiger partial charge >= 0.3 is 12.4 Å². The molecule has 1 heterocycles. The molecule has 3 rings (SSSR count). The first-order chi connectivity index (χ1) is 14.4. The minimum Gasteiger partial charge on any atom is -0.349 e. The van der Waals surface area contributed by atoms with Gasteiger partial charge in [0.1, 0.15) is 5.82 Å². The van der Waals surface area contributed by atoms with Gasteiger partial charge in [0.15, 0.2) is 6.29 Å². The molecule has 10 heteroatoms. The molecule has 0 saturated carbocycles. The van der Waals surface area contributed by atoms with Gasteiger partial charge in [-0.1, -0.05) is 12.1 Å². The topological polar surface area (TPSA) is 21.7 Å². The molecule has 2 aromatic rings. The van der Waals surface area contributed by atoms with Gasteiger partial charge in [-0.3, -0.25) is 4.90 Å². The van der Waals surface area contributed by atoms with Crippen LogP contribution in [0.2, 0.25) is 0 Å². The van der Waals surface area contributed by atoms with E-state index in [-0.39, 0.29) is 18.2 Å². The third-order valence-corrected chi connectivity index (χ3v) is 5.09. The Morgan fingerprint density at radius 3 is 2.03 bits per heavy atom. The lowest BCUT2D eigenvalue weighted by molar-refractivity contribution is -0.226. The Morgan fingerprint density at radius 2 is 1.52 bits per heavy atom. The summed E-state index contributed by atoms with van der Waals surface area (Å²) in [5, 5.41) is 0. The van der Waals surface area contributed by atoms with E-state index in [9.17, 15) is 30.7 Å². The van der Waals surface area contributed by atoms with Crippen molar-refractivity contribution in [2.45, 2.75) is 37.7 Å². The molecule has 0 spiro atoms. The average Bonchev–Trinajstić information content (AvgIpc) is 2.67. The number of alkyl halides is 6. The van der Waals surface area contributed by atoms with Gasteiger partial charge in [0.05, 0.1) is 29.9 Å². The van der Waals surface area contributed by atoms with Crippen LogP contribution in [0, 0.1) is 5.82 Å². The maximum atomic E-state index is 13.3. The van der Waals surface area contributed by atoms with E-state index in [1.165, 1.54) is 31.2 Å². The lowest BCUT2D eigenvalue weighted by atomic mass is 10.0. The minimum atomic E-state index is -4.95. The predicted molar refractivity (Wildman–Crippen MR) is 97.5 cm³/mol. The van der Waals surface area contributed by atoms with E-state index < -0.39 is 47.7 Å². The van der Waals surface area contributed by atoms with Crippen molar-refractivity contribution in [3.05, 3.63) is 70.5 Å². The van der Waals surface area contributed by atoms with Crippen LogP contribution in [0.5, 0.6) is 0 Å². The number of benzene rings is 2. The normalized spacial score (nSPS) is 21.8. The maximum absolute atomic E-state index is 13.3. The molecular formula is C21H20F7NO2. The van der Waals surface area contributed by atoms with Crippen molar-refractivity contribution in [3.63, 3.8) is 0 Å². The molecule has 0 aliphatic carbocycles. The van der Waals surface area contributed by atoms with Crippen molar-refractivity contribution in [2.75, 3.05) is 20.2 Å². The Balaban J connectivity index is 1.91. The van der Waals surface area contributed by atoms with Crippen LogP contribution in [-0.4, -0.2) is 31.4 Å². The quantitative estimate of drug-likeness (QED) is 0.535. The summed E-state index contributed by atoms with van der Waals surface area (Å²) in [6.45, 7) is 2.12. The summed E-state index contributed by atoms with van der Waals surface area (Å²) in [4.78, 5) is 1.86. The lowest BCUT2D eigenvalue weighted by Gasteiger charge is -2.40. The summed E-state index contributed by atoms with van der Waals surface area (Å²) >= 11 is 0. The minimum absolute atomic E-state index is 0.0719. The zero-order valence-electron chi connectivity index (χ0n) is 16.6. The third kappa shape index (κ3) is 5.55. The van der Waals surface area contributed by atoms with E-state index in [0.717, 1.165) is 0 Å². The molecule has 31 heavy (non-hydrogen) atoms. The molecule has 0 unspecified atom stereocenters. The number of halogens is 7. The van der Waals surface area contributed by atoms with Gasteiger partial charge < -0.3 is 9.47 Å². The van der Waals surface area contributed by atoms with Crippen LogP contribution in [0.15, 0.2) is 42.5 Å². The molecular weight excluding hydrogens is 431 g/mol. The highest BCUT2D eigenvalue weighted by Gasteiger charge is 2.38. The third-order valence-electron chi connectivity index (χ3n) is 5.09. The zero-order valence-corrected chi connectivity index (χ0v) is 16.6. The first-order valence-electron chi connectivity index (χ1n) is 9.38. The van der Waals surface area contributed by atoms with E-state index in [0.29, 0.717) is 24.2 Å². The molecule has 1 aliphatic rings. The Morgan fingerprint density at radius 1 is 0.968 bits per heavy atom. The zero-order chi connectivity index (χ0) is 23.0. The fourth-order valence-corrected chi connectivity index (χ4v) is 3.43. The molecule has 0 bridgehead atoms. The highest BCUT2D eigenvalue weighted by atomic mass is 19.4. The fraction of sp³-hybridized carbons (Fsp3) is 0.429. The summed E-state index contributed by atoms with van der Waals surface area (Å²) in [7, 11) is 1.77. The average molecular weight is 451 g/mol. The molecule has 170 valence electrons. The summed E-state index contributed by atoms with van der Waals surface area (Å²) in [5.74, 6) is -0.447. The molecule has 2 aromatic carbocycles. The van der Waals surface area contributed by atoms with Crippen LogP contribution >= 0.6 is 0 Å². The van der Waals surface area contributed by atoms with Crippen LogP contribution in [0.3, 0.4) is 0 Å². The first kappa shape index (κ1) is 23.5. The number of ether oxygens (including phenoxy) is 2. The number of hydrogen-bond donors (Lipinski definition) is 0. The molecule has 3 atom stereocenters. The molecule has 0 aromatic heterocycles. The number of rotatable bonds is 4. The van der Waals surface area contributed by atoms with Crippen LogP contribution in [0.4, 0.5) is 30.7 Å². The standard InChI is InChI=1S/C21H20F7NO2/c1-12(14-9-15(20(23,24)25)11-16(10-14)21(26,27)28)31-19-18(29(2)7-8-30-19)13-3-5-17(22)6-4-13/h3-6,9-12,18-19H,7-8H2,1-2H3/t12-,18+,19-/m1/s1. The smallest absolute Gasteiger partial charge is 0.349 e. The second-order valence-corrected chi connectivity index (χ2v) is 7.33. The number of morpholine rings is 1. The number of nitrogens with zero attached hydrogens (tertiary/aromatic N) is 1. The van der Waals surface area contributed by atoms with Crippen LogP contribution in [-0.2, 0) is 21.8 Å². The lowest BCUT2D eigenvalue weighted by Crippen LogP contribution is -2.44. The molecule has 1 saturated heterocycles. The second-order valence-electron chi connectivity index (χ2n) is 7.33.